The fourth-order valence-electron chi connectivity index (χ4n) is 1.78. The predicted octanol–water partition coefficient (Wildman–Crippen LogP) is 4.55. The molecule has 1 heterocycles. The summed E-state index contributed by atoms with van der Waals surface area (Å²) in [6, 6.07) is 10.2. The Kier molecular flexibility index (Phi) is 4.37. The largest absolute Gasteiger partial charge is 0.489 e. The van der Waals surface area contributed by atoms with Crippen molar-refractivity contribution in [1.82, 2.24) is 4.98 Å². The van der Waals surface area contributed by atoms with Crippen LogP contribution < -0.4 is 4.74 Å². The lowest BCUT2D eigenvalue weighted by Gasteiger charge is -2.13. The predicted molar refractivity (Wildman–Crippen MR) is 76.8 cm³/mol. The minimum atomic E-state index is 0.460. The number of hydrogen-bond acceptors (Lipinski definition) is 2. The number of aromatic nitrogens is 1. The van der Waals surface area contributed by atoms with Crippen LogP contribution in [0.3, 0.4) is 0 Å². The molecule has 0 saturated heterocycles. The summed E-state index contributed by atoms with van der Waals surface area (Å²) in [5, 5.41) is 0. The lowest BCUT2D eigenvalue weighted by molar-refractivity contribution is 0.301. The third-order valence-electron chi connectivity index (χ3n) is 2.70. The highest BCUT2D eigenvalue weighted by Crippen LogP contribution is 2.26. The van der Waals surface area contributed by atoms with Crippen molar-refractivity contribution < 1.29 is 4.74 Å². The standard InChI is InChI=1S/C15H16BrNO/c1-11(2)14-5-3-4-6-15(14)18-10-12-7-13(16)9-17-8-12/h3-9,11H,10H2,1-2H3. The van der Waals surface area contributed by atoms with Gasteiger partial charge in [-0.2, -0.15) is 0 Å². The molecule has 0 unspecified atom stereocenters. The van der Waals surface area contributed by atoms with Crippen LogP contribution in [0, 0.1) is 0 Å². The van der Waals surface area contributed by atoms with Gasteiger partial charge in [0.05, 0.1) is 0 Å². The fraction of sp³-hybridized carbons (Fsp3) is 0.267. The molecule has 0 spiro atoms. The Bertz CT molecular complexity index is 525. The molecule has 0 aliphatic rings. The number of halogens is 1. The van der Waals surface area contributed by atoms with E-state index in [0.717, 1.165) is 15.8 Å². The molecule has 0 aliphatic carbocycles. The molecule has 1 aromatic heterocycles. The van der Waals surface area contributed by atoms with Crippen molar-refractivity contribution in [3.05, 3.63) is 58.3 Å². The third-order valence-corrected chi connectivity index (χ3v) is 3.13. The highest BCUT2D eigenvalue weighted by molar-refractivity contribution is 9.10. The number of hydrogen-bond donors (Lipinski definition) is 0. The van der Waals surface area contributed by atoms with Crippen LogP contribution in [-0.2, 0) is 6.61 Å². The molecule has 0 radical (unpaired) electrons. The van der Waals surface area contributed by atoms with E-state index < -0.39 is 0 Å². The van der Waals surface area contributed by atoms with E-state index in [0.29, 0.717) is 12.5 Å². The van der Waals surface area contributed by atoms with Crippen LogP contribution in [0.2, 0.25) is 0 Å². The molecule has 0 bridgehead atoms. The molecule has 1 aromatic carbocycles. The number of nitrogens with zero attached hydrogens (tertiary/aromatic N) is 1. The minimum Gasteiger partial charge on any atom is -0.489 e. The lowest BCUT2D eigenvalue weighted by Crippen LogP contribution is -2.00. The molecule has 0 amide bonds. The fourth-order valence-corrected chi connectivity index (χ4v) is 2.20. The first-order chi connectivity index (χ1) is 8.66. The molecule has 0 saturated carbocycles. The minimum absolute atomic E-state index is 0.460. The van der Waals surface area contributed by atoms with Crippen molar-refractivity contribution >= 4 is 15.9 Å². The van der Waals surface area contributed by atoms with E-state index in [1.54, 1.807) is 6.20 Å². The van der Waals surface area contributed by atoms with Gasteiger partial charge in [-0.05, 0) is 39.5 Å². The molecule has 2 aromatic rings. The Morgan fingerprint density at radius 2 is 2.00 bits per heavy atom. The first kappa shape index (κ1) is 13.1. The van der Waals surface area contributed by atoms with Gasteiger partial charge in [-0.1, -0.05) is 32.0 Å². The van der Waals surface area contributed by atoms with Gasteiger partial charge in [0, 0.05) is 22.4 Å². The Morgan fingerprint density at radius 1 is 1.22 bits per heavy atom. The summed E-state index contributed by atoms with van der Waals surface area (Å²) < 4.78 is 6.85. The van der Waals surface area contributed by atoms with Crippen LogP contribution in [0.5, 0.6) is 5.75 Å². The third kappa shape index (κ3) is 3.33. The SMILES string of the molecule is CC(C)c1ccccc1OCc1cncc(Br)c1. The molecular weight excluding hydrogens is 290 g/mol. The Labute approximate surface area is 116 Å². The van der Waals surface area contributed by atoms with Gasteiger partial charge >= 0.3 is 0 Å². The second kappa shape index (κ2) is 6.01. The van der Waals surface area contributed by atoms with E-state index in [9.17, 15) is 0 Å². The van der Waals surface area contributed by atoms with Gasteiger partial charge in [0.2, 0.25) is 0 Å². The quantitative estimate of drug-likeness (QED) is 0.827. The molecule has 2 nitrogen and oxygen atoms in total. The number of benzene rings is 1. The number of rotatable bonds is 4. The molecule has 3 heteroatoms. The van der Waals surface area contributed by atoms with E-state index in [2.05, 4.69) is 40.8 Å². The summed E-state index contributed by atoms with van der Waals surface area (Å²) in [6.07, 6.45) is 3.59. The van der Waals surface area contributed by atoms with Crippen LogP contribution >= 0.6 is 15.9 Å². The summed E-state index contributed by atoms with van der Waals surface area (Å²) in [6.45, 7) is 4.88. The van der Waals surface area contributed by atoms with Gasteiger partial charge in [0.15, 0.2) is 0 Å². The summed E-state index contributed by atoms with van der Waals surface area (Å²) in [7, 11) is 0. The second-order valence-electron chi connectivity index (χ2n) is 4.49. The van der Waals surface area contributed by atoms with E-state index in [-0.39, 0.29) is 0 Å². The smallest absolute Gasteiger partial charge is 0.123 e. The molecule has 94 valence electrons. The van der Waals surface area contributed by atoms with Crippen LogP contribution in [0.25, 0.3) is 0 Å². The number of pyridine rings is 1. The maximum absolute atomic E-state index is 5.88. The van der Waals surface area contributed by atoms with Crippen LogP contribution in [0.1, 0.15) is 30.9 Å². The van der Waals surface area contributed by atoms with Gasteiger partial charge in [-0.15, -0.1) is 0 Å². The van der Waals surface area contributed by atoms with E-state index in [1.807, 2.05) is 30.5 Å². The van der Waals surface area contributed by atoms with Crippen molar-refractivity contribution in [3.8, 4) is 5.75 Å². The summed E-state index contributed by atoms with van der Waals surface area (Å²) in [5.74, 6) is 1.41. The van der Waals surface area contributed by atoms with Crippen LogP contribution in [-0.4, -0.2) is 4.98 Å². The highest BCUT2D eigenvalue weighted by atomic mass is 79.9. The maximum atomic E-state index is 5.88. The van der Waals surface area contributed by atoms with Gasteiger partial charge in [0.25, 0.3) is 0 Å². The summed E-state index contributed by atoms with van der Waals surface area (Å²) >= 11 is 3.41. The summed E-state index contributed by atoms with van der Waals surface area (Å²) in [5.41, 5.74) is 2.29. The topological polar surface area (TPSA) is 22.1 Å². The molecule has 0 N–H and O–H groups in total. The van der Waals surface area contributed by atoms with Crippen molar-refractivity contribution in [1.29, 1.82) is 0 Å². The number of ether oxygens (including phenoxy) is 1. The first-order valence-corrected chi connectivity index (χ1v) is 6.77. The van der Waals surface area contributed by atoms with Crippen molar-refractivity contribution in [3.63, 3.8) is 0 Å². The average Bonchev–Trinajstić information content (AvgIpc) is 2.37. The molecule has 0 aliphatic heterocycles. The number of para-hydroxylation sites is 1. The molecule has 18 heavy (non-hydrogen) atoms. The van der Waals surface area contributed by atoms with Crippen LogP contribution in [0.15, 0.2) is 47.2 Å². The maximum Gasteiger partial charge on any atom is 0.123 e. The van der Waals surface area contributed by atoms with Gasteiger partial charge in [-0.3, -0.25) is 4.98 Å². The average molecular weight is 306 g/mol. The zero-order valence-corrected chi connectivity index (χ0v) is 12.1. The highest BCUT2D eigenvalue weighted by Gasteiger charge is 2.07. The normalized spacial score (nSPS) is 10.7. The lowest BCUT2D eigenvalue weighted by atomic mass is 10.0. The summed E-state index contributed by atoms with van der Waals surface area (Å²) in [4.78, 5) is 4.13. The zero-order chi connectivity index (χ0) is 13.0. The molecule has 0 fully saturated rings. The van der Waals surface area contributed by atoms with E-state index >= 15 is 0 Å². The Morgan fingerprint density at radius 3 is 2.72 bits per heavy atom. The molecule has 0 atom stereocenters. The molecule has 2 rings (SSSR count). The van der Waals surface area contributed by atoms with Crippen molar-refractivity contribution in [2.45, 2.75) is 26.4 Å². The monoisotopic (exact) mass is 305 g/mol. The first-order valence-electron chi connectivity index (χ1n) is 5.98. The van der Waals surface area contributed by atoms with Gasteiger partial charge in [0.1, 0.15) is 12.4 Å². The van der Waals surface area contributed by atoms with Crippen molar-refractivity contribution in [2.75, 3.05) is 0 Å². The van der Waals surface area contributed by atoms with E-state index in [1.165, 1.54) is 5.56 Å². The van der Waals surface area contributed by atoms with Gasteiger partial charge in [-0.25, -0.2) is 0 Å². The molecular formula is C15H16BrNO. The zero-order valence-electron chi connectivity index (χ0n) is 10.6. The Hall–Kier alpha value is -1.35. The van der Waals surface area contributed by atoms with Crippen molar-refractivity contribution in [2.24, 2.45) is 0 Å². The Balaban J connectivity index is 2.11. The van der Waals surface area contributed by atoms with E-state index in [4.69, 9.17) is 4.74 Å². The van der Waals surface area contributed by atoms with Gasteiger partial charge < -0.3 is 4.74 Å². The second-order valence-corrected chi connectivity index (χ2v) is 5.41. The van der Waals surface area contributed by atoms with Crippen LogP contribution in [0.4, 0.5) is 0 Å².